The molecule has 0 atom stereocenters. The minimum Gasteiger partial charge on any atom is -0.351 e. The number of carbonyl (C=O) groups excluding carboxylic acids is 1. The van der Waals surface area contributed by atoms with Gasteiger partial charge in [-0.2, -0.15) is 5.10 Å². The number of nitrogens with zero attached hydrogens (tertiary/aromatic N) is 2. The smallest absolute Gasteiger partial charge is 0.253 e. The second-order valence-corrected chi connectivity index (χ2v) is 4.47. The highest BCUT2D eigenvalue weighted by Crippen LogP contribution is 2.12. The van der Waals surface area contributed by atoms with Crippen LogP contribution >= 0.6 is 0 Å². The third kappa shape index (κ3) is 3.68. The molecule has 0 aliphatic carbocycles. The van der Waals surface area contributed by atoms with Gasteiger partial charge in [-0.05, 0) is 31.2 Å². The Hall–Kier alpha value is -2.14. The molecule has 0 bridgehead atoms. The lowest BCUT2D eigenvalue weighted by Crippen LogP contribution is -2.32. The fourth-order valence-corrected chi connectivity index (χ4v) is 1.94. The van der Waals surface area contributed by atoms with Crippen LogP contribution < -0.4 is 10.6 Å². The zero-order valence-electron chi connectivity index (χ0n) is 11.7. The summed E-state index contributed by atoms with van der Waals surface area (Å²) in [6, 6.07) is 9.29. The van der Waals surface area contributed by atoms with E-state index >= 15 is 0 Å². The van der Waals surface area contributed by atoms with Gasteiger partial charge in [-0.15, -0.1) is 0 Å². The van der Waals surface area contributed by atoms with E-state index in [9.17, 15) is 4.79 Å². The molecule has 0 spiro atoms. The standard InChI is InChI=1S/C15H20N4O/c1-2-8-16-10-11-17-15(20)13-6-3-4-7-14(13)19-12-5-9-18-19/h3-7,9,12,16H,2,8,10-11H2,1H3,(H,17,20). The summed E-state index contributed by atoms with van der Waals surface area (Å²) in [6.07, 6.45) is 4.62. The molecule has 1 amide bonds. The van der Waals surface area contributed by atoms with E-state index in [4.69, 9.17) is 0 Å². The van der Waals surface area contributed by atoms with Gasteiger partial charge in [-0.3, -0.25) is 4.79 Å². The zero-order chi connectivity index (χ0) is 14.2. The van der Waals surface area contributed by atoms with Crippen molar-refractivity contribution in [2.75, 3.05) is 19.6 Å². The van der Waals surface area contributed by atoms with E-state index in [1.807, 2.05) is 36.5 Å². The molecule has 2 rings (SSSR count). The molecular weight excluding hydrogens is 252 g/mol. The minimum atomic E-state index is -0.0746. The number of hydrogen-bond donors (Lipinski definition) is 2. The van der Waals surface area contributed by atoms with Gasteiger partial charge in [0.2, 0.25) is 0 Å². The Balaban J connectivity index is 2.00. The molecule has 1 aromatic carbocycles. The van der Waals surface area contributed by atoms with Gasteiger partial charge in [0.1, 0.15) is 0 Å². The number of hydrogen-bond acceptors (Lipinski definition) is 3. The lowest BCUT2D eigenvalue weighted by atomic mass is 10.1. The summed E-state index contributed by atoms with van der Waals surface area (Å²) < 4.78 is 1.70. The van der Waals surface area contributed by atoms with E-state index in [0.29, 0.717) is 12.1 Å². The topological polar surface area (TPSA) is 58.9 Å². The summed E-state index contributed by atoms with van der Waals surface area (Å²) in [6.45, 7) is 4.49. The van der Waals surface area contributed by atoms with Crippen molar-refractivity contribution in [3.8, 4) is 5.69 Å². The number of benzene rings is 1. The molecule has 0 aliphatic heterocycles. The maximum absolute atomic E-state index is 12.2. The van der Waals surface area contributed by atoms with Crippen molar-refractivity contribution in [1.29, 1.82) is 0 Å². The summed E-state index contributed by atoms with van der Waals surface area (Å²) >= 11 is 0. The molecule has 5 nitrogen and oxygen atoms in total. The van der Waals surface area contributed by atoms with Gasteiger partial charge in [0.25, 0.3) is 5.91 Å². The number of carbonyl (C=O) groups is 1. The van der Waals surface area contributed by atoms with E-state index in [1.54, 1.807) is 10.9 Å². The molecule has 2 N–H and O–H groups in total. The Morgan fingerprint density at radius 2 is 2.05 bits per heavy atom. The van der Waals surface area contributed by atoms with E-state index < -0.39 is 0 Å². The van der Waals surface area contributed by atoms with Crippen LogP contribution in [0.5, 0.6) is 0 Å². The molecule has 0 saturated carbocycles. The first-order chi connectivity index (χ1) is 9.83. The van der Waals surface area contributed by atoms with Crippen molar-refractivity contribution in [3.63, 3.8) is 0 Å². The zero-order valence-corrected chi connectivity index (χ0v) is 11.7. The van der Waals surface area contributed by atoms with Crippen LogP contribution in [0.4, 0.5) is 0 Å². The molecular formula is C15H20N4O. The van der Waals surface area contributed by atoms with Crippen molar-refractivity contribution in [3.05, 3.63) is 48.3 Å². The quantitative estimate of drug-likeness (QED) is 0.753. The summed E-state index contributed by atoms with van der Waals surface area (Å²) in [7, 11) is 0. The molecule has 1 aromatic heterocycles. The lowest BCUT2D eigenvalue weighted by molar-refractivity contribution is 0.0954. The molecule has 0 unspecified atom stereocenters. The van der Waals surface area contributed by atoms with Crippen molar-refractivity contribution in [2.24, 2.45) is 0 Å². The Morgan fingerprint density at radius 3 is 2.80 bits per heavy atom. The van der Waals surface area contributed by atoms with Gasteiger partial charge in [0.05, 0.1) is 11.3 Å². The second-order valence-electron chi connectivity index (χ2n) is 4.47. The number of amides is 1. The van der Waals surface area contributed by atoms with E-state index in [-0.39, 0.29) is 5.91 Å². The van der Waals surface area contributed by atoms with Crippen molar-refractivity contribution in [2.45, 2.75) is 13.3 Å². The predicted molar refractivity (Wildman–Crippen MR) is 79.1 cm³/mol. The maximum atomic E-state index is 12.2. The van der Waals surface area contributed by atoms with Crippen molar-refractivity contribution >= 4 is 5.91 Å². The molecule has 1 heterocycles. The van der Waals surface area contributed by atoms with Crippen molar-refractivity contribution in [1.82, 2.24) is 20.4 Å². The number of rotatable bonds is 7. The molecule has 106 valence electrons. The first kappa shape index (κ1) is 14.3. The van der Waals surface area contributed by atoms with Crippen molar-refractivity contribution < 1.29 is 4.79 Å². The minimum absolute atomic E-state index is 0.0746. The normalized spacial score (nSPS) is 10.4. The average molecular weight is 272 g/mol. The molecule has 20 heavy (non-hydrogen) atoms. The van der Waals surface area contributed by atoms with Gasteiger partial charge in [-0.25, -0.2) is 4.68 Å². The van der Waals surface area contributed by atoms with Crippen LogP contribution in [0.3, 0.4) is 0 Å². The molecule has 5 heteroatoms. The highest BCUT2D eigenvalue weighted by Gasteiger charge is 2.11. The maximum Gasteiger partial charge on any atom is 0.253 e. The van der Waals surface area contributed by atoms with Crippen LogP contribution in [0, 0.1) is 0 Å². The van der Waals surface area contributed by atoms with E-state index in [2.05, 4.69) is 22.7 Å². The molecule has 0 saturated heterocycles. The number of nitrogens with one attached hydrogen (secondary N) is 2. The van der Waals surface area contributed by atoms with Crippen LogP contribution in [0.25, 0.3) is 5.69 Å². The summed E-state index contributed by atoms with van der Waals surface area (Å²) in [5, 5.41) is 10.3. The highest BCUT2D eigenvalue weighted by atomic mass is 16.1. The Bertz CT molecular complexity index is 537. The van der Waals surface area contributed by atoms with Gasteiger partial charge >= 0.3 is 0 Å². The lowest BCUT2D eigenvalue weighted by Gasteiger charge is -2.10. The number of para-hydroxylation sites is 1. The Kier molecular flexibility index (Phi) is 5.32. The average Bonchev–Trinajstić information content (AvgIpc) is 3.01. The summed E-state index contributed by atoms with van der Waals surface area (Å²) in [5.74, 6) is -0.0746. The van der Waals surface area contributed by atoms with Gasteiger partial charge < -0.3 is 10.6 Å². The molecule has 0 aliphatic rings. The van der Waals surface area contributed by atoms with E-state index in [1.165, 1.54) is 0 Å². The summed E-state index contributed by atoms with van der Waals surface area (Å²) in [5.41, 5.74) is 1.42. The summed E-state index contributed by atoms with van der Waals surface area (Å²) in [4.78, 5) is 12.2. The third-order valence-corrected chi connectivity index (χ3v) is 2.91. The fraction of sp³-hybridized carbons (Fsp3) is 0.333. The fourth-order valence-electron chi connectivity index (χ4n) is 1.94. The Morgan fingerprint density at radius 1 is 1.20 bits per heavy atom. The molecule has 2 aromatic rings. The van der Waals surface area contributed by atoms with Gasteiger partial charge in [-0.1, -0.05) is 19.1 Å². The monoisotopic (exact) mass is 272 g/mol. The van der Waals surface area contributed by atoms with Crippen LogP contribution in [0.2, 0.25) is 0 Å². The van der Waals surface area contributed by atoms with Crippen LogP contribution in [-0.2, 0) is 0 Å². The second kappa shape index (κ2) is 7.45. The van der Waals surface area contributed by atoms with Crippen LogP contribution in [0.1, 0.15) is 23.7 Å². The first-order valence-electron chi connectivity index (χ1n) is 6.91. The SMILES string of the molecule is CCCNCCNC(=O)c1ccccc1-n1cccn1. The number of aromatic nitrogens is 2. The predicted octanol–water partition coefficient (Wildman–Crippen LogP) is 1.60. The third-order valence-electron chi connectivity index (χ3n) is 2.91. The first-order valence-corrected chi connectivity index (χ1v) is 6.91. The van der Waals surface area contributed by atoms with Gasteiger partial charge in [0, 0.05) is 25.5 Å². The largest absolute Gasteiger partial charge is 0.351 e. The molecule has 0 fully saturated rings. The van der Waals surface area contributed by atoms with Crippen LogP contribution in [-0.4, -0.2) is 35.3 Å². The highest BCUT2D eigenvalue weighted by molar-refractivity contribution is 5.97. The van der Waals surface area contributed by atoms with Crippen LogP contribution in [0.15, 0.2) is 42.7 Å². The van der Waals surface area contributed by atoms with E-state index in [0.717, 1.165) is 25.2 Å². The van der Waals surface area contributed by atoms with Gasteiger partial charge in [0.15, 0.2) is 0 Å². The Labute approximate surface area is 119 Å². The molecule has 0 radical (unpaired) electrons.